The maximum absolute atomic E-state index is 11.0. The standard InChI is InChI=1S/C10H7N3O2/c11-9(14)6-1-2-7-8(5-6)15-10-12-3-4-13(7)10/h1-5H,(H2,11,14). The number of fused-ring (bicyclic) bond motifs is 3. The van der Waals surface area contributed by atoms with E-state index < -0.39 is 5.91 Å². The number of aromatic nitrogens is 2. The van der Waals surface area contributed by atoms with Crippen molar-refractivity contribution in [3.05, 3.63) is 36.2 Å². The Labute approximate surface area is 84.1 Å². The molecule has 2 heterocycles. The van der Waals surface area contributed by atoms with Crippen molar-refractivity contribution in [2.24, 2.45) is 5.73 Å². The zero-order valence-corrected chi connectivity index (χ0v) is 7.68. The molecule has 5 nitrogen and oxygen atoms in total. The highest BCUT2D eigenvalue weighted by molar-refractivity contribution is 5.96. The van der Waals surface area contributed by atoms with Crippen LogP contribution < -0.4 is 5.73 Å². The van der Waals surface area contributed by atoms with Crippen LogP contribution in [-0.2, 0) is 0 Å². The van der Waals surface area contributed by atoms with E-state index in [1.54, 1.807) is 35.0 Å². The van der Waals surface area contributed by atoms with Gasteiger partial charge in [0.25, 0.3) is 0 Å². The summed E-state index contributed by atoms with van der Waals surface area (Å²) in [5.74, 6) is 0.0394. The van der Waals surface area contributed by atoms with Crippen molar-refractivity contribution in [1.82, 2.24) is 9.38 Å². The number of nitrogens with zero attached hydrogens (tertiary/aromatic N) is 2. The number of rotatable bonds is 1. The van der Waals surface area contributed by atoms with Crippen molar-refractivity contribution < 1.29 is 9.21 Å². The van der Waals surface area contributed by atoms with Crippen LogP contribution in [-0.4, -0.2) is 15.3 Å². The van der Waals surface area contributed by atoms with Gasteiger partial charge < -0.3 is 10.2 Å². The Morgan fingerprint density at radius 1 is 1.47 bits per heavy atom. The quantitative estimate of drug-likeness (QED) is 0.642. The summed E-state index contributed by atoms with van der Waals surface area (Å²) in [6, 6.07) is 5.07. The summed E-state index contributed by atoms with van der Waals surface area (Å²) in [6.07, 6.45) is 3.45. The fourth-order valence-electron chi connectivity index (χ4n) is 1.60. The molecule has 74 valence electrons. The van der Waals surface area contributed by atoms with Gasteiger partial charge in [-0.2, -0.15) is 0 Å². The van der Waals surface area contributed by atoms with Crippen LogP contribution in [0.4, 0.5) is 0 Å². The molecule has 1 aromatic carbocycles. The molecule has 0 bridgehead atoms. The SMILES string of the molecule is NC(=O)c1ccc2c(c1)oc1nccn12. The summed E-state index contributed by atoms with van der Waals surface area (Å²) < 4.78 is 7.23. The van der Waals surface area contributed by atoms with Crippen LogP contribution in [0.15, 0.2) is 35.0 Å². The van der Waals surface area contributed by atoms with Crippen molar-refractivity contribution in [2.75, 3.05) is 0 Å². The summed E-state index contributed by atoms with van der Waals surface area (Å²) in [7, 11) is 0. The number of benzene rings is 1. The zero-order valence-electron chi connectivity index (χ0n) is 7.68. The number of hydrogen-bond donors (Lipinski definition) is 1. The van der Waals surface area contributed by atoms with Gasteiger partial charge in [0.15, 0.2) is 5.58 Å². The molecule has 0 aliphatic carbocycles. The molecule has 2 N–H and O–H groups in total. The third-order valence-corrected chi connectivity index (χ3v) is 2.31. The third kappa shape index (κ3) is 1.03. The smallest absolute Gasteiger partial charge is 0.306 e. The van der Waals surface area contributed by atoms with Gasteiger partial charge in [-0.25, -0.2) is 4.98 Å². The van der Waals surface area contributed by atoms with Gasteiger partial charge in [-0.05, 0) is 18.2 Å². The lowest BCUT2D eigenvalue weighted by molar-refractivity contribution is 0.100. The number of amides is 1. The van der Waals surface area contributed by atoms with Gasteiger partial charge in [0, 0.05) is 18.0 Å². The van der Waals surface area contributed by atoms with Crippen LogP contribution in [0.5, 0.6) is 0 Å². The van der Waals surface area contributed by atoms with Crippen LogP contribution in [0.25, 0.3) is 16.9 Å². The minimum Gasteiger partial charge on any atom is -0.423 e. The van der Waals surface area contributed by atoms with E-state index in [1.165, 1.54) is 0 Å². The van der Waals surface area contributed by atoms with E-state index in [0.29, 0.717) is 17.0 Å². The van der Waals surface area contributed by atoms with Crippen LogP contribution in [0.1, 0.15) is 10.4 Å². The van der Waals surface area contributed by atoms with Crippen LogP contribution in [0.3, 0.4) is 0 Å². The van der Waals surface area contributed by atoms with Crippen molar-refractivity contribution in [3.63, 3.8) is 0 Å². The minimum atomic E-state index is -0.467. The molecule has 0 saturated carbocycles. The Bertz CT molecular complexity index is 665. The maximum atomic E-state index is 11.0. The van der Waals surface area contributed by atoms with Crippen LogP contribution in [0, 0.1) is 0 Å². The molecule has 0 aliphatic heterocycles. The number of nitrogens with two attached hydrogens (primary N) is 1. The monoisotopic (exact) mass is 201 g/mol. The number of oxazole rings is 1. The number of carbonyl (C=O) groups is 1. The van der Waals surface area contributed by atoms with E-state index >= 15 is 0 Å². The summed E-state index contributed by atoms with van der Waals surface area (Å²) in [6.45, 7) is 0. The molecule has 1 amide bonds. The summed E-state index contributed by atoms with van der Waals surface area (Å²) in [5, 5.41) is 0. The fourth-order valence-corrected chi connectivity index (χ4v) is 1.60. The number of primary amides is 1. The highest BCUT2D eigenvalue weighted by atomic mass is 16.4. The molecule has 0 unspecified atom stereocenters. The minimum absolute atomic E-state index is 0.430. The summed E-state index contributed by atoms with van der Waals surface area (Å²) >= 11 is 0. The molecule has 3 aromatic rings. The Kier molecular flexibility index (Phi) is 1.39. The first-order chi connectivity index (χ1) is 7.25. The lowest BCUT2D eigenvalue weighted by Crippen LogP contribution is -2.10. The molecule has 0 saturated heterocycles. The average molecular weight is 201 g/mol. The van der Waals surface area contributed by atoms with E-state index in [0.717, 1.165) is 5.52 Å². The van der Waals surface area contributed by atoms with Gasteiger partial charge >= 0.3 is 5.84 Å². The highest BCUT2D eigenvalue weighted by Gasteiger charge is 2.09. The molecule has 3 rings (SSSR count). The summed E-state index contributed by atoms with van der Waals surface area (Å²) in [5.41, 5.74) is 7.08. The lowest BCUT2D eigenvalue weighted by atomic mass is 10.2. The summed E-state index contributed by atoms with van der Waals surface area (Å²) in [4.78, 5) is 15.0. The molecule has 0 spiro atoms. The second-order valence-electron chi connectivity index (χ2n) is 3.23. The molecular weight excluding hydrogens is 194 g/mol. The van der Waals surface area contributed by atoms with Gasteiger partial charge in [0.2, 0.25) is 5.91 Å². The van der Waals surface area contributed by atoms with E-state index in [1.807, 2.05) is 0 Å². The second kappa shape index (κ2) is 2.60. The van der Waals surface area contributed by atoms with Gasteiger partial charge in [0.05, 0.1) is 5.52 Å². The number of carbonyl (C=O) groups excluding carboxylic acids is 1. The van der Waals surface area contributed by atoms with Gasteiger partial charge in [0.1, 0.15) is 0 Å². The van der Waals surface area contributed by atoms with Crippen molar-refractivity contribution >= 4 is 22.9 Å². The predicted octanol–water partition coefficient (Wildman–Crippen LogP) is 1.18. The van der Waals surface area contributed by atoms with Gasteiger partial charge in [-0.3, -0.25) is 9.20 Å². The van der Waals surface area contributed by atoms with E-state index in [9.17, 15) is 4.79 Å². The Balaban J connectivity index is 2.40. The molecule has 0 fully saturated rings. The lowest BCUT2D eigenvalue weighted by Gasteiger charge is -1.93. The van der Waals surface area contributed by atoms with Gasteiger partial charge in [-0.15, -0.1) is 0 Å². The van der Waals surface area contributed by atoms with Gasteiger partial charge in [-0.1, -0.05) is 0 Å². The topological polar surface area (TPSA) is 73.5 Å². The Hall–Kier alpha value is -2.30. The van der Waals surface area contributed by atoms with Crippen molar-refractivity contribution in [2.45, 2.75) is 0 Å². The third-order valence-electron chi connectivity index (χ3n) is 2.31. The first-order valence-corrected chi connectivity index (χ1v) is 4.41. The van der Waals surface area contributed by atoms with E-state index in [2.05, 4.69) is 4.98 Å². The highest BCUT2D eigenvalue weighted by Crippen LogP contribution is 2.20. The number of imidazole rings is 1. The first-order valence-electron chi connectivity index (χ1n) is 4.41. The normalized spacial score (nSPS) is 11.2. The van der Waals surface area contributed by atoms with Crippen molar-refractivity contribution in [1.29, 1.82) is 0 Å². The average Bonchev–Trinajstić information content (AvgIpc) is 2.75. The predicted molar refractivity (Wildman–Crippen MR) is 53.5 cm³/mol. The molecule has 5 heteroatoms. The fraction of sp³-hybridized carbons (Fsp3) is 0. The molecule has 0 radical (unpaired) electrons. The number of hydrogen-bond acceptors (Lipinski definition) is 3. The molecule has 0 atom stereocenters. The molecular formula is C10H7N3O2. The second-order valence-corrected chi connectivity index (χ2v) is 3.23. The van der Waals surface area contributed by atoms with E-state index in [4.69, 9.17) is 10.2 Å². The molecule has 15 heavy (non-hydrogen) atoms. The maximum Gasteiger partial charge on any atom is 0.306 e. The van der Waals surface area contributed by atoms with E-state index in [-0.39, 0.29) is 0 Å². The largest absolute Gasteiger partial charge is 0.423 e. The Morgan fingerprint density at radius 2 is 2.33 bits per heavy atom. The molecule has 0 aliphatic rings. The molecule has 2 aromatic heterocycles. The Morgan fingerprint density at radius 3 is 3.13 bits per heavy atom. The van der Waals surface area contributed by atoms with Crippen LogP contribution in [0.2, 0.25) is 0 Å². The first kappa shape index (κ1) is 8.05. The van der Waals surface area contributed by atoms with Crippen LogP contribution >= 0.6 is 0 Å². The van der Waals surface area contributed by atoms with Crippen molar-refractivity contribution in [3.8, 4) is 0 Å². The zero-order chi connectivity index (χ0) is 10.4.